The Kier molecular flexibility index (Phi) is 9.75. The van der Waals surface area contributed by atoms with Crippen molar-refractivity contribution < 1.29 is 43.5 Å². The standard InChI is InChI=1S/C29H35FN2O8/c1-38-11-7-24(35)32(9-6-17-4-3-5-19(30)12-17)22-15-21(29(37)31-8-10-33)25-20-13-18(16-34)14-23(39-2)27(20)40-28(25)26(22)36/h3-5,12-15,22,25-26,28,33-34,36H,6-11,16H2,1-2H3,(H,31,37). The van der Waals surface area contributed by atoms with E-state index in [1.54, 1.807) is 30.3 Å². The Morgan fingerprint density at radius 2 is 1.95 bits per heavy atom. The Balaban J connectivity index is 1.76. The number of carbonyl (C=O) groups excluding carboxylic acids is 2. The van der Waals surface area contributed by atoms with Gasteiger partial charge in [0.25, 0.3) is 0 Å². The molecule has 4 atom stereocenters. The molecule has 2 amide bonds. The quantitative estimate of drug-likeness (QED) is 0.304. The maximum atomic E-state index is 13.8. The molecule has 2 aromatic carbocycles. The summed E-state index contributed by atoms with van der Waals surface area (Å²) in [5.74, 6) is -1.24. The number of aliphatic hydroxyl groups excluding tert-OH is 3. The van der Waals surface area contributed by atoms with E-state index in [1.807, 2.05) is 0 Å². The van der Waals surface area contributed by atoms with Crippen molar-refractivity contribution in [1.82, 2.24) is 10.2 Å². The monoisotopic (exact) mass is 558 g/mol. The zero-order chi connectivity index (χ0) is 28.8. The summed E-state index contributed by atoms with van der Waals surface area (Å²) in [4.78, 5) is 28.2. The predicted octanol–water partition coefficient (Wildman–Crippen LogP) is 1.06. The highest BCUT2D eigenvalue weighted by molar-refractivity contribution is 5.96. The highest BCUT2D eigenvalue weighted by Crippen LogP contribution is 2.51. The first-order chi connectivity index (χ1) is 19.3. The average Bonchev–Trinajstić information content (AvgIpc) is 3.35. The van der Waals surface area contributed by atoms with E-state index in [9.17, 15) is 29.3 Å². The first-order valence-electron chi connectivity index (χ1n) is 13.1. The van der Waals surface area contributed by atoms with Crippen LogP contribution in [0.15, 0.2) is 48.0 Å². The van der Waals surface area contributed by atoms with E-state index >= 15 is 0 Å². The molecule has 11 heteroatoms. The number of methoxy groups -OCH3 is 2. The summed E-state index contributed by atoms with van der Waals surface area (Å²) in [6, 6.07) is 8.43. The zero-order valence-electron chi connectivity index (χ0n) is 22.5. The first-order valence-corrected chi connectivity index (χ1v) is 13.1. The number of carbonyl (C=O) groups is 2. The number of halogens is 1. The summed E-state index contributed by atoms with van der Waals surface area (Å²) >= 11 is 0. The Morgan fingerprint density at radius 1 is 1.15 bits per heavy atom. The summed E-state index contributed by atoms with van der Waals surface area (Å²) in [6.07, 6.45) is -0.290. The van der Waals surface area contributed by atoms with Gasteiger partial charge in [0.15, 0.2) is 11.5 Å². The molecule has 4 unspecified atom stereocenters. The van der Waals surface area contributed by atoms with E-state index in [4.69, 9.17) is 14.2 Å². The minimum atomic E-state index is -1.24. The molecule has 4 rings (SSSR count). The molecule has 0 spiro atoms. The molecule has 0 aromatic heterocycles. The minimum absolute atomic E-state index is 0.00451. The summed E-state index contributed by atoms with van der Waals surface area (Å²) < 4.78 is 30.6. The molecule has 40 heavy (non-hydrogen) atoms. The summed E-state index contributed by atoms with van der Waals surface area (Å²) in [5, 5.41) is 33.4. The lowest BCUT2D eigenvalue weighted by atomic mass is 9.77. The van der Waals surface area contributed by atoms with Crippen LogP contribution in [0, 0.1) is 5.82 Å². The second-order valence-corrected chi connectivity index (χ2v) is 9.73. The number of amides is 2. The molecule has 0 saturated carbocycles. The highest BCUT2D eigenvalue weighted by Gasteiger charge is 2.51. The molecule has 1 aliphatic carbocycles. The molecule has 1 aliphatic heterocycles. The van der Waals surface area contributed by atoms with Gasteiger partial charge in [-0.25, -0.2) is 4.39 Å². The molecule has 2 aromatic rings. The topological polar surface area (TPSA) is 138 Å². The summed E-state index contributed by atoms with van der Waals surface area (Å²) in [7, 11) is 2.93. The van der Waals surface area contributed by atoms with E-state index < -0.39 is 35.9 Å². The number of ether oxygens (including phenoxy) is 3. The molecule has 0 fully saturated rings. The van der Waals surface area contributed by atoms with Crippen LogP contribution in [0.25, 0.3) is 0 Å². The van der Waals surface area contributed by atoms with E-state index in [0.29, 0.717) is 34.6 Å². The van der Waals surface area contributed by atoms with Crippen LogP contribution in [-0.4, -0.2) is 90.8 Å². The van der Waals surface area contributed by atoms with Gasteiger partial charge in [0.05, 0.1) is 45.3 Å². The number of benzene rings is 2. The van der Waals surface area contributed by atoms with Crippen molar-refractivity contribution in [1.29, 1.82) is 0 Å². The molecule has 0 bridgehead atoms. The van der Waals surface area contributed by atoms with Gasteiger partial charge in [0.2, 0.25) is 11.8 Å². The Bertz CT molecular complexity index is 1250. The number of aliphatic hydroxyl groups is 3. The lowest BCUT2D eigenvalue weighted by Crippen LogP contribution is -2.56. The van der Waals surface area contributed by atoms with Gasteiger partial charge in [-0.05, 0) is 47.9 Å². The van der Waals surface area contributed by atoms with Crippen LogP contribution in [0.5, 0.6) is 11.5 Å². The average molecular weight is 559 g/mol. The van der Waals surface area contributed by atoms with Crippen LogP contribution in [-0.2, 0) is 27.4 Å². The third-order valence-corrected chi connectivity index (χ3v) is 7.23. The Labute approximate surface area is 232 Å². The van der Waals surface area contributed by atoms with Crippen molar-refractivity contribution in [2.75, 3.05) is 40.5 Å². The fraction of sp³-hybridized carbons (Fsp3) is 0.448. The summed E-state index contributed by atoms with van der Waals surface area (Å²) in [5.41, 5.74) is 2.02. The molecule has 0 radical (unpaired) electrons. The van der Waals surface area contributed by atoms with Crippen LogP contribution < -0.4 is 14.8 Å². The van der Waals surface area contributed by atoms with Gasteiger partial charge < -0.3 is 39.7 Å². The number of fused-ring (bicyclic) bond motifs is 3. The lowest BCUT2D eigenvalue weighted by Gasteiger charge is -2.40. The van der Waals surface area contributed by atoms with Gasteiger partial charge in [0.1, 0.15) is 18.0 Å². The molecule has 216 valence electrons. The van der Waals surface area contributed by atoms with Crippen LogP contribution >= 0.6 is 0 Å². The Morgan fingerprint density at radius 3 is 2.62 bits per heavy atom. The van der Waals surface area contributed by atoms with Gasteiger partial charge in [-0.2, -0.15) is 0 Å². The van der Waals surface area contributed by atoms with E-state index in [-0.39, 0.29) is 50.8 Å². The first kappa shape index (κ1) is 29.5. The fourth-order valence-electron chi connectivity index (χ4n) is 5.33. The fourth-order valence-corrected chi connectivity index (χ4v) is 5.33. The lowest BCUT2D eigenvalue weighted by molar-refractivity contribution is -0.138. The van der Waals surface area contributed by atoms with Crippen LogP contribution in [0.4, 0.5) is 4.39 Å². The molecular weight excluding hydrogens is 523 g/mol. The van der Waals surface area contributed by atoms with Crippen molar-refractivity contribution in [3.05, 3.63) is 70.6 Å². The van der Waals surface area contributed by atoms with Crippen LogP contribution in [0.3, 0.4) is 0 Å². The molecule has 4 N–H and O–H groups in total. The zero-order valence-corrected chi connectivity index (χ0v) is 22.5. The third-order valence-electron chi connectivity index (χ3n) is 7.23. The van der Waals surface area contributed by atoms with E-state index in [1.165, 1.54) is 31.3 Å². The van der Waals surface area contributed by atoms with Crippen molar-refractivity contribution >= 4 is 11.8 Å². The molecular formula is C29H35FN2O8. The second-order valence-electron chi connectivity index (χ2n) is 9.73. The van der Waals surface area contributed by atoms with Gasteiger partial charge in [-0.15, -0.1) is 0 Å². The predicted molar refractivity (Wildman–Crippen MR) is 142 cm³/mol. The van der Waals surface area contributed by atoms with Crippen molar-refractivity contribution in [2.24, 2.45) is 0 Å². The van der Waals surface area contributed by atoms with Crippen molar-refractivity contribution in [3.63, 3.8) is 0 Å². The number of nitrogens with one attached hydrogen (secondary N) is 1. The largest absolute Gasteiger partial charge is 0.493 e. The van der Waals surface area contributed by atoms with Crippen molar-refractivity contribution in [2.45, 2.75) is 43.6 Å². The maximum absolute atomic E-state index is 13.8. The molecule has 0 saturated heterocycles. The SMILES string of the molecule is COCCC(=O)N(CCc1cccc(F)c1)C1C=C(C(=O)NCCO)C2c3cc(CO)cc(OC)c3OC2C1O. The van der Waals surface area contributed by atoms with Gasteiger partial charge in [0, 0.05) is 31.3 Å². The maximum Gasteiger partial charge on any atom is 0.247 e. The number of hydrogen-bond donors (Lipinski definition) is 4. The van der Waals surface area contributed by atoms with Gasteiger partial charge >= 0.3 is 0 Å². The summed E-state index contributed by atoms with van der Waals surface area (Å²) in [6.45, 7) is -0.253. The van der Waals surface area contributed by atoms with Gasteiger partial charge in [-0.3, -0.25) is 9.59 Å². The molecule has 1 heterocycles. The van der Waals surface area contributed by atoms with Crippen LogP contribution in [0.1, 0.15) is 29.0 Å². The van der Waals surface area contributed by atoms with Crippen molar-refractivity contribution in [3.8, 4) is 11.5 Å². The third kappa shape index (κ3) is 6.12. The molecule has 10 nitrogen and oxygen atoms in total. The molecule has 2 aliphatic rings. The smallest absolute Gasteiger partial charge is 0.247 e. The highest BCUT2D eigenvalue weighted by atomic mass is 19.1. The van der Waals surface area contributed by atoms with Gasteiger partial charge in [-0.1, -0.05) is 12.1 Å². The normalized spacial score (nSPS) is 21.1. The van der Waals surface area contributed by atoms with E-state index in [0.717, 1.165) is 0 Å². The number of hydrogen-bond acceptors (Lipinski definition) is 8. The minimum Gasteiger partial charge on any atom is -0.493 e. The second kappa shape index (κ2) is 13.2. The number of nitrogens with zero attached hydrogens (tertiary/aromatic N) is 1. The van der Waals surface area contributed by atoms with E-state index in [2.05, 4.69) is 5.32 Å². The number of rotatable bonds is 12. The Hall–Kier alpha value is -3.51. The van der Waals surface area contributed by atoms with Crippen LogP contribution in [0.2, 0.25) is 0 Å².